The molecule has 312 valence electrons. The first kappa shape index (κ1) is 49.2. The Labute approximate surface area is 323 Å². The van der Waals surface area contributed by atoms with E-state index < -0.39 is 24.0 Å². The highest BCUT2D eigenvalue weighted by molar-refractivity contribution is 5.67. The number of unbranched alkanes of at least 4 members (excludes halogenated alkanes) is 18. The van der Waals surface area contributed by atoms with Crippen LogP contribution in [-0.2, 0) is 14.4 Å². The van der Waals surface area contributed by atoms with E-state index in [2.05, 4.69) is 23.6 Å². The van der Waals surface area contributed by atoms with Gasteiger partial charge < -0.3 is 39.7 Å². The van der Waals surface area contributed by atoms with Crippen LogP contribution in [0.15, 0.2) is 0 Å². The number of aliphatic hydroxyl groups is 1. The molecule has 0 aromatic carbocycles. The molecule has 1 unspecified atom stereocenters. The molecule has 0 amide bonds. The Morgan fingerprint density at radius 3 is 1.02 bits per heavy atom. The van der Waals surface area contributed by atoms with Crippen LogP contribution < -0.4 is 15.3 Å². The second-order valence-electron chi connectivity index (χ2n) is 15.6. The van der Waals surface area contributed by atoms with E-state index in [0.717, 1.165) is 25.9 Å². The lowest BCUT2D eigenvalue weighted by molar-refractivity contribution is -0.308. The van der Waals surface area contributed by atoms with Crippen LogP contribution in [0.3, 0.4) is 0 Å². The zero-order valence-corrected chi connectivity index (χ0v) is 34.0. The van der Waals surface area contributed by atoms with Crippen molar-refractivity contribution >= 4 is 17.9 Å². The third-order valence-corrected chi connectivity index (χ3v) is 10.6. The van der Waals surface area contributed by atoms with Crippen LogP contribution in [0.2, 0.25) is 0 Å². The maximum atomic E-state index is 11.5. The summed E-state index contributed by atoms with van der Waals surface area (Å²) in [5, 5.41) is 45.9. The number of nitrogens with zero attached hydrogens (tertiary/aromatic N) is 5. The molecule has 0 aromatic heterocycles. The molecule has 0 bridgehead atoms. The van der Waals surface area contributed by atoms with E-state index in [-0.39, 0.29) is 32.7 Å². The van der Waals surface area contributed by atoms with Gasteiger partial charge in [0.1, 0.15) is 0 Å². The molecule has 1 N–H and O–H groups in total. The molecule has 0 aromatic rings. The first-order valence-electron chi connectivity index (χ1n) is 21.5. The molecule has 1 fully saturated rings. The van der Waals surface area contributed by atoms with Gasteiger partial charge in [0.2, 0.25) is 0 Å². The van der Waals surface area contributed by atoms with Crippen molar-refractivity contribution in [1.29, 1.82) is 0 Å². The van der Waals surface area contributed by atoms with Crippen LogP contribution in [0.5, 0.6) is 0 Å². The Hall–Kier alpha value is -1.83. The lowest BCUT2D eigenvalue weighted by Crippen LogP contribution is -2.52. The van der Waals surface area contributed by atoms with Crippen LogP contribution in [0.1, 0.15) is 142 Å². The summed E-state index contributed by atoms with van der Waals surface area (Å²) in [6, 6.07) is 0. The molecule has 0 aliphatic carbocycles. The van der Waals surface area contributed by atoms with Crippen LogP contribution in [0.4, 0.5) is 0 Å². The van der Waals surface area contributed by atoms with Crippen molar-refractivity contribution in [2.75, 3.05) is 98.2 Å². The van der Waals surface area contributed by atoms with Crippen molar-refractivity contribution < 1.29 is 34.8 Å². The van der Waals surface area contributed by atoms with Crippen molar-refractivity contribution in [1.82, 2.24) is 24.5 Å². The van der Waals surface area contributed by atoms with Gasteiger partial charge in [0.25, 0.3) is 0 Å². The van der Waals surface area contributed by atoms with Gasteiger partial charge >= 0.3 is 0 Å². The number of aliphatic hydroxyl groups excluding tert-OH is 1. The normalized spacial score (nSPS) is 16.8. The lowest BCUT2D eigenvalue weighted by atomic mass is 10.1. The monoisotopic (exact) mass is 753 g/mol. The number of carbonyl (C=O) groups excluding carboxylic acids is 3. The number of hydrogen-bond donors (Lipinski definition) is 1. The molecule has 1 aliphatic rings. The summed E-state index contributed by atoms with van der Waals surface area (Å²) in [5.74, 6) is -3.65. The molecule has 1 atom stereocenters. The van der Waals surface area contributed by atoms with Crippen molar-refractivity contribution in [2.45, 2.75) is 148 Å². The highest BCUT2D eigenvalue weighted by Gasteiger charge is 2.20. The maximum Gasteiger partial charge on any atom is 0.0793 e. The van der Waals surface area contributed by atoms with Gasteiger partial charge in [0.05, 0.1) is 24.0 Å². The minimum absolute atomic E-state index is 0.280. The van der Waals surface area contributed by atoms with Gasteiger partial charge in [-0.1, -0.05) is 129 Å². The number of carboxylic acids is 3. The highest BCUT2D eigenvalue weighted by atomic mass is 16.4. The molecular weight excluding hydrogens is 674 g/mol. The standard InChI is InChI=1S/C41H81N5O7/c1-3-5-7-9-11-13-15-17-19-21-23-42(24-22-20-18-16-14-12-10-8-6-4-2)33-38(47)34-43-25-27-44(35-39(48)49)29-31-46(37-41(52)53)32-30-45(28-26-43)36-40(50)51/h38,47H,3-37H2,1-2H3,(H,48,49)(H,50,51)(H,52,53)/p-3. The minimum Gasteiger partial charge on any atom is -0.549 e. The van der Waals surface area contributed by atoms with Gasteiger partial charge in [-0.15, -0.1) is 0 Å². The summed E-state index contributed by atoms with van der Waals surface area (Å²) in [6.07, 6.45) is 25.1. The zero-order valence-electron chi connectivity index (χ0n) is 34.0. The molecule has 1 heterocycles. The Balaban J connectivity index is 2.80. The Kier molecular flexibility index (Phi) is 31.1. The van der Waals surface area contributed by atoms with Crippen LogP contribution >= 0.6 is 0 Å². The van der Waals surface area contributed by atoms with E-state index in [0.29, 0.717) is 52.4 Å². The average Bonchev–Trinajstić information content (AvgIpc) is 3.10. The highest BCUT2D eigenvalue weighted by Crippen LogP contribution is 2.14. The van der Waals surface area contributed by atoms with E-state index in [4.69, 9.17) is 0 Å². The van der Waals surface area contributed by atoms with E-state index in [1.807, 2.05) is 0 Å². The molecule has 0 spiro atoms. The molecule has 53 heavy (non-hydrogen) atoms. The minimum atomic E-state index is -1.24. The van der Waals surface area contributed by atoms with E-state index in [9.17, 15) is 34.8 Å². The third kappa shape index (κ3) is 30.1. The Bertz CT molecular complexity index is 858. The average molecular weight is 753 g/mol. The molecular formula is C41H78N5O7-3. The topological polar surface area (TPSA) is 157 Å². The SMILES string of the molecule is CCCCCCCCCCCCN(CCCCCCCCCCCC)CC(O)CN1CCN(CC(=O)[O-])CCN(CC(=O)[O-])CCN(CC(=O)[O-])CC1. The van der Waals surface area contributed by atoms with Crippen LogP contribution in [-0.4, -0.2) is 152 Å². The Morgan fingerprint density at radius 1 is 0.472 bits per heavy atom. The number of rotatable bonds is 32. The van der Waals surface area contributed by atoms with Gasteiger partial charge in [-0.2, -0.15) is 0 Å². The summed E-state index contributed by atoms with van der Waals surface area (Å²) < 4.78 is 0. The lowest BCUT2D eigenvalue weighted by Gasteiger charge is -2.35. The smallest absolute Gasteiger partial charge is 0.0793 e. The maximum absolute atomic E-state index is 11.5. The second-order valence-corrected chi connectivity index (χ2v) is 15.6. The summed E-state index contributed by atoms with van der Waals surface area (Å²) in [5.41, 5.74) is 0. The van der Waals surface area contributed by atoms with Crippen molar-refractivity contribution in [3.63, 3.8) is 0 Å². The first-order valence-corrected chi connectivity index (χ1v) is 21.5. The largest absolute Gasteiger partial charge is 0.549 e. The van der Waals surface area contributed by atoms with Gasteiger partial charge in [-0.05, 0) is 25.9 Å². The quantitative estimate of drug-likeness (QED) is 0.0999. The molecule has 1 aliphatic heterocycles. The van der Waals surface area contributed by atoms with Gasteiger partial charge in [0, 0.05) is 85.1 Å². The summed E-state index contributed by atoms with van der Waals surface area (Å²) in [6.45, 7) is 9.42. The van der Waals surface area contributed by atoms with Gasteiger partial charge in [0.15, 0.2) is 0 Å². The molecule has 1 rings (SSSR count). The fraction of sp³-hybridized carbons (Fsp3) is 0.927. The fourth-order valence-electron chi connectivity index (χ4n) is 7.38. The molecule has 12 heteroatoms. The molecule has 1 saturated heterocycles. The van der Waals surface area contributed by atoms with Gasteiger partial charge in [-0.3, -0.25) is 19.6 Å². The molecule has 12 nitrogen and oxygen atoms in total. The van der Waals surface area contributed by atoms with Crippen molar-refractivity contribution in [2.24, 2.45) is 0 Å². The van der Waals surface area contributed by atoms with E-state index in [1.54, 1.807) is 14.7 Å². The first-order chi connectivity index (χ1) is 25.6. The number of carbonyl (C=O) groups is 3. The van der Waals surface area contributed by atoms with E-state index >= 15 is 0 Å². The predicted molar refractivity (Wildman–Crippen MR) is 207 cm³/mol. The number of carboxylic acid groups (broad SMARTS) is 3. The summed E-state index contributed by atoms with van der Waals surface area (Å²) in [7, 11) is 0. The number of aliphatic carboxylic acids is 3. The molecule has 0 radical (unpaired) electrons. The Morgan fingerprint density at radius 2 is 0.736 bits per heavy atom. The third-order valence-electron chi connectivity index (χ3n) is 10.6. The molecule has 0 saturated carbocycles. The predicted octanol–water partition coefficient (Wildman–Crippen LogP) is 1.96. The van der Waals surface area contributed by atoms with Crippen LogP contribution in [0.25, 0.3) is 0 Å². The summed E-state index contributed by atoms with van der Waals surface area (Å²) in [4.78, 5) is 44.1. The van der Waals surface area contributed by atoms with Gasteiger partial charge in [-0.25, -0.2) is 0 Å². The summed E-state index contributed by atoms with van der Waals surface area (Å²) >= 11 is 0. The fourth-order valence-corrected chi connectivity index (χ4v) is 7.38. The van der Waals surface area contributed by atoms with E-state index in [1.165, 1.54) is 116 Å². The van der Waals surface area contributed by atoms with Crippen LogP contribution in [0, 0.1) is 0 Å². The second kappa shape index (κ2) is 33.5. The number of hydrogen-bond acceptors (Lipinski definition) is 12. The van der Waals surface area contributed by atoms with Crippen molar-refractivity contribution in [3.8, 4) is 0 Å². The number of β-amino-alcohol motifs (C(OH)–C–C–N with tert-alkyl or cyclic N) is 1. The van der Waals surface area contributed by atoms with Crippen molar-refractivity contribution in [3.05, 3.63) is 0 Å². The zero-order chi connectivity index (χ0) is 38.9.